The van der Waals surface area contributed by atoms with Crippen LogP contribution in [0.1, 0.15) is 32.2 Å². The van der Waals surface area contributed by atoms with Gasteiger partial charge in [0.2, 0.25) is 0 Å². The minimum Gasteiger partial charge on any atom is -0.398 e. The molecule has 100 valence electrons. The Morgan fingerprint density at radius 1 is 1.47 bits per heavy atom. The summed E-state index contributed by atoms with van der Waals surface area (Å²) in [4.78, 5) is 0. The molecule has 1 fully saturated rings. The Morgan fingerprint density at radius 3 is 3.05 bits per heavy atom. The van der Waals surface area contributed by atoms with Gasteiger partial charge >= 0.3 is 0 Å². The number of hydrogen-bond acceptors (Lipinski definition) is 4. The number of halogens is 1. The molecule has 0 radical (unpaired) electrons. The molecule has 6 heteroatoms. The van der Waals surface area contributed by atoms with Gasteiger partial charge in [0.05, 0.1) is 16.6 Å². The van der Waals surface area contributed by atoms with Gasteiger partial charge in [0.1, 0.15) is 0 Å². The fraction of sp³-hybridized carbons (Fsp3) is 0.462. The lowest BCUT2D eigenvalue weighted by Gasteiger charge is -2.08. The molecule has 0 bridgehead atoms. The molecule has 1 aliphatic carbocycles. The van der Waals surface area contributed by atoms with Crippen LogP contribution in [0.15, 0.2) is 18.2 Å². The number of aromatic nitrogens is 4. The standard InChI is InChI=1S/C13H16ClN5/c1-2-4-8-7-11(8)19-13(16-17-18-19)12-9(14)5-3-6-10(12)15/h3,5-6,8,11H,2,4,7,15H2,1H3. The van der Waals surface area contributed by atoms with Crippen molar-refractivity contribution in [2.75, 3.05) is 5.73 Å². The van der Waals surface area contributed by atoms with Crippen LogP contribution in [0.4, 0.5) is 5.69 Å². The third-order valence-electron chi connectivity index (χ3n) is 3.62. The maximum atomic E-state index is 6.23. The van der Waals surface area contributed by atoms with Gasteiger partial charge in [0.15, 0.2) is 5.82 Å². The highest BCUT2D eigenvalue weighted by molar-refractivity contribution is 6.33. The summed E-state index contributed by atoms with van der Waals surface area (Å²) in [5.41, 5.74) is 7.34. The van der Waals surface area contributed by atoms with Crippen molar-refractivity contribution in [1.29, 1.82) is 0 Å². The minimum absolute atomic E-state index is 0.389. The van der Waals surface area contributed by atoms with E-state index >= 15 is 0 Å². The van der Waals surface area contributed by atoms with E-state index in [0.29, 0.717) is 28.5 Å². The maximum Gasteiger partial charge on any atom is 0.185 e. The van der Waals surface area contributed by atoms with Crippen LogP contribution in [0.25, 0.3) is 11.4 Å². The Kier molecular flexibility index (Phi) is 3.14. The van der Waals surface area contributed by atoms with Gasteiger partial charge in [0, 0.05) is 5.69 Å². The first-order valence-corrected chi connectivity index (χ1v) is 6.92. The van der Waals surface area contributed by atoms with E-state index < -0.39 is 0 Å². The molecular formula is C13H16ClN5. The highest BCUT2D eigenvalue weighted by Gasteiger charge is 2.40. The fourth-order valence-corrected chi connectivity index (χ4v) is 2.84. The molecular weight excluding hydrogens is 262 g/mol. The molecule has 1 saturated carbocycles. The Bertz CT molecular complexity index is 574. The van der Waals surface area contributed by atoms with Crippen LogP contribution in [-0.4, -0.2) is 20.2 Å². The number of nitrogens with zero attached hydrogens (tertiary/aromatic N) is 4. The highest BCUT2D eigenvalue weighted by atomic mass is 35.5. The molecule has 5 nitrogen and oxygen atoms in total. The molecule has 2 N–H and O–H groups in total. The molecule has 2 unspecified atom stereocenters. The first-order valence-electron chi connectivity index (χ1n) is 6.54. The number of nitrogen functional groups attached to an aromatic ring is 1. The van der Waals surface area contributed by atoms with Crippen LogP contribution < -0.4 is 5.73 Å². The van der Waals surface area contributed by atoms with E-state index in [2.05, 4.69) is 22.4 Å². The van der Waals surface area contributed by atoms with Gasteiger partial charge in [0.25, 0.3) is 0 Å². The molecule has 2 atom stereocenters. The average Bonchev–Trinajstić information content (AvgIpc) is 2.97. The summed E-state index contributed by atoms with van der Waals surface area (Å²) in [6, 6.07) is 5.84. The lowest BCUT2D eigenvalue weighted by atomic mass is 10.1. The molecule has 1 heterocycles. The van der Waals surface area contributed by atoms with Crippen LogP contribution >= 0.6 is 11.6 Å². The highest BCUT2D eigenvalue weighted by Crippen LogP contribution is 2.47. The lowest BCUT2D eigenvalue weighted by Crippen LogP contribution is -2.04. The SMILES string of the molecule is CCCC1CC1n1nnnc1-c1c(N)cccc1Cl. The van der Waals surface area contributed by atoms with Crippen molar-refractivity contribution in [3.63, 3.8) is 0 Å². The molecule has 1 aliphatic rings. The monoisotopic (exact) mass is 277 g/mol. The lowest BCUT2D eigenvalue weighted by molar-refractivity contribution is 0.548. The zero-order valence-corrected chi connectivity index (χ0v) is 11.5. The molecule has 1 aromatic carbocycles. The van der Waals surface area contributed by atoms with Crippen LogP contribution in [-0.2, 0) is 0 Å². The molecule has 0 saturated heterocycles. The van der Waals surface area contributed by atoms with Crippen molar-refractivity contribution >= 4 is 17.3 Å². The molecule has 0 aliphatic heterocycles. The Hall–Kier alpha value is -1.62. The number of anilines is 1. The Morgan fingerprint density at radius 2 is 2.32 bits per heavy atom. The number of rotatable bonds is 4. The number of tetrazole rings is 1. The van der Waals surface area contributed by atoms with Gasteiger partial charge in [-0.25, -0.2) is 4.68 Å². The Balaban J connectivity index is 1.97. The van der Waals surface area contributed by atoms with Gasteiger partial charge in [-0.2, -0.15) is 0 Å². The van der Waals surface area contributed by atoms with Crippen molar-refractivity contribution in [3.05, 3.63) is 23.2 Å². The second-order valence-electron chi connectivity index (χ2n) is 5.00. The second kappa shape index (κ2) is 4.81. The van der Waals surface area contributed by atoms with E-state index in [1.54, 1.807) is 0 Å². The van der Waals surface area contributed by atoms with Crippen molar-refractivity contribution in [2.45, 2.75) is 32.2 Å². The average molecular weight is 278 g/mol. The molecule has 1 aromatic heterocycles. The topological polar surface area (TPSA) is 69.6 Å². The quantitative estimate of drug-likeness (QED) is 0.873. The van der Waals surface area contributed by atoms with Crippen molar-refractivity contribution in [2.24, 2.45) is 5.92 Å². The zero-order chi connectivity index (χ0) is 13.4. The number of nitrogens with two attached hydrogens (primary N) is 1. The molecule has 2 aromatic rings. The first-order chi connectivity index (χ1) is 9.22. The Labute approximate surface area is 116 Å². The second-order valence-corrected chi connectivity index (χ2v) is 5.41. The largest absolute Gasteiger partial charge is 0.398 e. The fourth-order valence-electron chi connectivity index (χ4n) is 2.57. The summed E-state index contributed by atoms with van der Waals surface area (Å²) in [6.07, 6.45) is 3.53. The van der Waals surface area contributed by atoms with Gasteiger partial charge in [-0.3, -0.25) is 0 Å². The first kappa shape index (κ1) is 12.4. The summed E-state index contributed by atoms with van der Waals surface area (Å²) in [5, 5.41) is 12.6. The van der Waals surface area contributed by atoms with Crippen LogP contribution in [0, 0.1) is 5.92 Å². The van der Waals surface area contributed by atoms with Gasteiger partial charge in [-0.1, -0.05) is 31.0 Å². The summed E-state index contributed by atoms with van der Waals surface area (Å²) in [7, 11) is 0. The van der Waals surface area contributed by atoms with E-state index in [4.69, 9.17) is 17.3 Å². The van der Waals surface area contributed by atoms with E-state index in [1.807, 2.05) is 22.9 Å². The third kappa shape index (κ3) is 2.18. The normalized spacial score (nSPS) is 21.6. The van der Waals surface area contributed by atoms with Gasteiger partial charge in [-0.15, -0.1) is 5.10 Å². The maximum absolute atomic E-state index is 6.23. The number of benzene rings is 1. The summed E-state index contributed by atoms with van der Waals surface area (Å²) < 4.78 is 1.87. The number of hydrogen-bond donors (Lipinski definition) is 1. The predicted molar refractivity (Wildman–Crippen MR) is 74.7 cm³/mol. The molecule has 0 spiro atoms. The zero-order valence-electron chi connectivity index (χ0n) is 10.8. The van der Waals surface area contributed by atoms with Gasteiger partial charge < -0.3 is 5.73 Å². The van der Waals surface area contributed by atoms with Crippen LogP contribution in [0.3, 0.4) is 0 Å². The van der Waals surface area contributed by atoms with Crippen molar-refractivity contribution in [3.8, 4) is 11.4 Å². The van der Waals surface area contributed by atoms with E-state index in [9.17, 15) is 0 Å². The van der Waals surface area contributed by atoms with Crippen molar-refractivity contribution in [1.82, 2.24) is 20.2 Å². The van der Waals surface area contributed by atoms with Crippen LogP contribution in [0.2, 0.25) is 5.02 Å². The summed E-state index contributed by atoms with van der Waals surface area (Å²) >= 11 is 6.23. The molecule has 19 heavy (non-hydrogen) atoms. The van der Waals surface area contributed by atoms with E-state index in [-0.39, 0.29) is 0 Å². The van der Waals surface area contributed by atoms with Crippen molar-refractivity contribution < 1.29 is 0 Å². The predicted octanol–water partition coefficient (Wildman–Crippen LogP) is 2.94. The van der Waals surface area contributed by atoms with E-state index in [0.717, 1.165) is 12.0 Å². The summed E-state index contributed by atoms with van der Waals surface area (Å²) in [5.74, 6) is 1.35. The third-order valence-corrected chi connectivity index (χ3v) is 3.94. The van der Waals surface area contributed by atoms with E-state index in [1.165, 1.54) is 12.8 Å². The van der Waals surface area contributed by atoms with Gasteiger partial charge in [-0.05, 0) is 41.3 Å². The molecule has 3 rings (SSSR count). The summed E-state index contributed by atoms with van der Waals surface area (Å²) in [6.45, 7) is 2.20. The van der Waals surface area contributed by atoms with Crippen LogP contribution in [0.5, 0.6) is 0 Å². The minimum atomic E-state index is 0.389. The molecule has 0 amide bonds. The smallest absolute Gasteiger partial charge is 0.185 e.